The zero-order valence-corrected chi connectivity index (χ0v) is 13.1. The molecular formula is C15H17BrN2S. The van der Waals surface area contributed by atoms with E-state index in [9.17, 15) is 0 Å². The van der Waals surface area contributed by atoms with Crippen molar-refractivity contribution in [3.63, 3.8) is 0 Å². The smallest absolute Gasteiger partial charge is 0.183 e. The van der Waals surface area contributed by atoms with E-state index in [4.69, 9.17) is 0 Å². The molecule has 0 amide bonds. The first-order valence-electron chi connectivity index (χ1n) is 7.08. The van der Waals surface area contributed by atoms with Crippen molar-refractivity contribution >= 4 is 42.6 Å². The van der Waals surface area contributed by atoms with Crippen LogP contribution < -0.4 is 5.32 Å². The lowest BCUT2D eigenvalue weighted by molar-refractivity contribution is 0.348. The van der Waals surface area contributed by atoms with Gasteiger partial charge in [-0.1, -0.05) is 33.7 Å². The van der Waals surface area contributed by atoms with Crippen LogP contribution in [0.25, 0.3) is 10.2 Å². The number of aromatic nitrogens is 1. The van der Waals surface area contributed by atoms with E-state index in [1.807, 2.05) is 0 Å². The van der Waals surface area contributed by atoms with Gasteiger partial charge in [-0.05, 0) is 55.2 Å². The van der Waals surface area contributed by atoms with Crippen molar-refractivity contribution in [3.05, 3.63) is 22.7 Å². The third-order valence-corrected chi connectivity index (χ3v) is 6.22. The molecule has 2 fully saturated rings. The number of hydrogen-bond acceptors (Lipinski definition) is 3. The van der Waals surface area contributed by atoms with Crippen molar-refractivity contribution in [2.45, 2.75) is 25.7 Å². The molecule has 1 aromatic heterocycles. The lowest BCUT2D eigenvalue weighted by Gasteiger charge is -2.21. The molecule has 1 aromatic carbocycles. The fourth-order valence-corrected chi connectivity index (χ4v) is 5.24. The summed E-state index contributed by atoms with van der Waals surface area (Å²) in [7, 11) is 0. The second kappa shape index (κ2) is 4.74. The molecule has 19 heavy (non-hydrogen) atoms. The molecule has 4 heteroatoms. The first-order valence-corrected chi connectivity index (χ1v) is 8.69. The summed E-state index contributed by atoms with van der Waals surface area (Å²) in [5.74, 6) is 2.90. The lowest BCUT2D eigenvalue weighted by Crippen LogP contribution is -2.19. The normalized spacial score (nSPS) is 29.2. The second-order valence-electron chi connectivity index (χ2n) is 5.95. The van der Waals surface area contributed by atoms with Crippen LogP contribution >= 0.6 is 27.3 Å². The van der Waals surface area contributed by atoms with Crippen LogP contribution in [0.2, 0.25) is 0 Å². The predicted molar refractivity (Wildman–Crippen MR) is 84.7 cm³/mol. The Hall–Kier alpha value is -0.610. The summed E-state index contributed by atoms with van der Waals surface area (Å²) >= 11 is 5.28. The quantitative estimate of drug-likeness (QED) is 0.861. The molecule has 0 radical (unpaired) electrons. The van der Waals surface area contributed by atoms with E-state index >= 15 is 0 Å². The van der Waals surface area contributed by atoms with Crippen LogP contribution in [0.5, 0.6) is 0 Å². The summed E-state index contributed by atoms with van der Waals surface area (Å²) < 4.78 is 2.38. The van der Waals surface area contributed by atoms with Crippen molar-refractivity contribution in [2.75, 3.05) is 11.9 Å². The van der Waals surface area contributed by atoms with Crippen molar-refractivity contribution in [1.82, 2.24) is 4.98 Å². The number of thiazole rings is 1. The van der Waals surface area contributed by atoms with Gasteiger partial charge in [-0.3, -0.25) is 0 Å². The topological polar surface area (TPSA) is 24.9 Å². The third kappa shape index (κ3) is 2.29. The highest BCUT2D eigenvalue weighted by atomic mass is 79.9. The number of fused-ring (bicyclic) bond motifs is 3. The molecule has 100 valence electrons. The van der Waals surface area contributed by atoms with Crippen molar-refractivity contribution in [1.29, 1.82) is 0 Å². The number of nitrogens with one attached hydrogen (secondary N) is 1. The van der Waals surface area contributed by atoms with E-state index in [0.717, 1.165) is 39.4 Å². The fourth-order valence-electron chi connectivity index (χ4n) is 3.82. The first-order chi connectivity index (χ1) is 9.28. The third-order valence-electron chi connectivity index (χ3n) is 4.75. The highest BCUT2D eigenvalue weighted by Crippen LogP contribution is 2.48. The Labute approximate surface area is 125 Å². The Morgan fingerprint density at radius 3 is 3.05 bits per heavy atom. The number of hydrogen-bond donors (Lipinski definition) is 1. The van der Waals surface area contributed by atoms with Crippen molar-refractivity contribution < 1.29 is 0 Å². The lowest BCUT2D eigenvalue weighted by atomic mass is 9.89. The summed E-state index contributed by atoms with van der Waals surface area (Å²) in [5.41, 5.74) is 1.10. The Kier molecular flexibility index (Phi) is 3.03. The number of nitrogens with zero attached hydrogens (tertiary/aromatic N) is 1. The first kappa shape index (κ1) is 12.2. The van der Waals surface area contributed by atoms with Crippen LogP contribution in [0.4, 0.5) is 5.13 Å². The highest BCUT2D eigenvalue weighted by molar-refractivity contribution is 9.10. The molecule has 2 aliphatic carbocycles. The van der Waals surface area contributed by atoms with Gasteiger partial charge in [0.2, 0.25) is 0 Å². The molecule has 1 N–H and O–H groups in total. The molecule has 2 aliphatic rings. The summed E-state index contributed by atoms with van der Waals surface area (Å²) in [6.45, 7) is 1.11. The SMILES string of the molecule is Brc1ccc2nc(NCC3CC4CCC3C4)sc2c1. The van der Waals surface area contributed by atoms with E-state index < -0.39 is 0 Å². The van der Waals surface area contributed by atoms with Gasteiger partial charge in [0, 0.05) is 11.0 Å². The minimum Gasteiger partial charge on any atom is -0.361 e. The minimum absolute atomic E-state index is 0.887. The molecule has 2 saturated carbocycles. The van der Waals surface area contributed by atoms with Gasteiger partial charge in [-0.25, -0.2) is 4.98 Å². The average Bonchev–Trinajstić information content (AvgIpc) is 3.09. The average molecular weight is 337 g/mol. The van der Waals surface area contributed by atoms with E-state index in [0.29, 0.717) is 0 Å². The fraction of sp³-hybridized carbons (Fsp3) is 0.533. The van der Waals surface area contributed by atoms with Gasteiger partial charge in [0.1, 0.15) is 0 Å². The standard InChI is InChI=1S/C15H17BrN2S/c16-12-3-4-13-14(7-12)19-15(18-13)17-8-11-6-9-1-2-10(11)5-9/h3-4,7,9-11H,1-2,5-6,8H2,(H,17,18). The van der Waals surface area contributed by atoms with Crippen molar-refractivity contribution in [2.24, 2.45) is 17.8 Å². The predicted octanol–water partition coefficient (Wildman–Crippen LogP) is 4.91. The molecule has 3 unspecified atom stereocenters. The number of halogens is 1. The molecule has 0 spiro atoms. The number of benzene rings is 1. The van der Waals surface area contributed by atoms with Gasteiger partial charge in [-0.2, -0.15) is 0 Å². The van der Waals surface area contributed by atoms with E-state index in [-0.39, 0.29) is 0 Å². The summed E-state index contributed by atoms with van der Waals surface area (Å²) in [6, 6.07) is 6.29. The van der Waals surface area contributed by atoms with E-state index in [1.165, 1.54) is 30.4 Å². The molecule has 2 bridgehead atoms. The van der Waals surface area contributed by atoms with Crippen LogP contribution in [0, 0.1) is 17.8 Å². The molecule has 3 atom stereocenters. The highest BCUT2D eigenvalue weighted by Gasteiger charge is 2.39. The molecule has 4 rings (SSSR count). The van der Waals surface area contributed by atoms with Crippen LogP contribution in [-0.2, 0) is 0 Å². The second-order valence-corrected chi connectivity index (χ2v) is 7.89. The molecule has 0 aliphatic heterocycles. The van der Waals surface area contributed by atoms with Crippen LogP contribution in [0.1, 0.15) is 25.7 Å². The van der Waals surface area contributed by atoms with Crippen LogP contribution in [0.15, 0.2) is 22.7 Å². The van der Waals surface area contributed by atoms with Gasteiger partial charge in [0.25, 0.3) is 0 Å². The van der Waals surface area contributed by atoms with Gasteiger partial charge >= 0.3 is 0 Å². The Morgan fingerprint density at radius 1 is 1.32 bits per heavy atom. The summed E-state index contributed by atoms with van der Waals surface area (Å²) in [5, 5.41) is 4.65. The molecule has 2 aromatic rings. The Balaban J connectivity index is 1.46. The maximum absolute atomic E-state index is 4.66. The largest absolute Gasteiger partial charge is 0.361 e. The van der Waals surface area contributed by atoms with Crippen molar-refractivity contribution in [3.8, 4) is 0 Å². The number of rotatable bonds is 3. The van der Waals surface area contributed by atoms with Crippen LogP contribution in [0.3, 0.4) is 0 Å². The zero-order chi connectivity index (χ0) is 12.8. The van der Waals surface area contributed by atoms with E-state index in [2.05, 4.69) is 44.4 Å². The zero-order valence-electron chi connectivity index (χ0n) is 10.7. The molecular weight excluding hydrogens is 320 g/mol. The van der Waals surface area contributed by atoms with Gasteiger partial charge < -0.3 is 5.32 Å². The van der Waals surface area contributed by atoms with Gasteiger partial charge in [0.05, 0.1) is 10.2 Å². The molecule has 0 saturated heterocycles. The van der Waals surface area contributed by atoms with Crippen LogP contribution in [-0.4, -0.2) is 11.5 Å². The molecule has 2 nitrogen and oxygen atoms in total. The van der Waals surface area contributed by atoms with Gasteiger partial charge in [-0.15, -0.1) is 0 Å². The number of anilines is 1. The Morgan fingerprint density at radius 2 is 2.26 bits per heavy atom. The van der Waals surface area contributed by atoms with E-state index in [1.54, 1.807) is 11.3 Å². The van der Waals surface area contributed by atoms with Gasteiger partial charge in [0.15, 0.2) is 5.13 Å². The summed E-state index contributed by atoms with van der Waals surface area (Å²) in [6.07, 6.45) is 5.87. The Bertz CT molecular complexity index is 609. The molecule has 1 heterocycles. The maximum Gasteiger partial charge on any atom is 0.183 e. The summed E-state index contributed by atoms with van der Waals surface area (Å²) in [4.78, 5) is 4.66. The monoisotopic (exact) mass is 336 g/mol. The minimum atomic E-state index is 0.887. The maximum atomic E-state index is 4.66.